The van der Waals surface area contributed by atoms with Gasteiger partial charge in [-0.2, -0.15) is 0 Å². The summed E-state index contributed by atoms with van der Waals surface area (Å²) in [4.78, 5) is 16.2. The van der Waals surface area contributed by atoms with E-state index in [9.17, 15) is 4.79 Å². The maximum Gasteiger partial charge on any atom is 0.324 e. The predicted octanol–water partition coefficient (Wildman–Crippen LogP) is 3.02. The number of amides is 2. The van der Waals surface area contributed by atoms with E-state index in [1.54, 1.807) is 4.90 Å². The van der Waals surface area contributed by atoms with Crippen LogP contribution in [0.4, 0.5) is 16.2 Å². The minimum atomic E-state index is 0.0584. The van der Waals surface area contributed by atoms with Crippen LogP contribution in [0, 0.1) is 6.92 Å². The lowest BCUT2D eigenvalue weighted by Gasteiger charge is -2.19. The second-order valence-electron chi connectivity index (χ2n) is 5.37. The Morgan fingerprint density at radius 1 is 1.05 bits per heavy atom. The van der Waals surface area contributed by atoms with E-state index in [2.05, 4.69) is 19.1 Å². The molecule has 0 radical (unpaired) electrons. The predicted molar refractivity (Wildman–Crippen MR) is 85.2 cm³/mol. The van der Waals surface area contributed by atoms with Crippen molar-refractivity contribution in [2.24, 2.45) is 0 Å². The van der Waals surface area contributed by atoms with Gasteiger partial charge in [0.15, 0.2) is 0 Å². The molecule has 3 rings (SSSR count). The average Bonchev–Trinajstić information content (AvgIpc) is 2.84. The smallest absolute Gasteiger partial charge is 0.324 e. The van der Waals surface area contributed by atoms with Crippen LogP contribution >= 0.6 is 0 Å². The molecule has 0 saturated carbocycles. The summed E-state index contributed by atoms with van der Waals surface area (Å²) >= 11 is 0. The third-order valence-corrected chi connectivity index (χ3v) is 3.92. The van der Waals surface area contributed by atoms with Crippen molar-refractivity contribution in [2.45, 2.75) is 13.5 Å². The molecular weight excluding hydrogens is 262 g/mol. The lowest BCUT2D eigenvalue weighted by molar-refractivity contribution is 0.218. The molecule has 0 spiro atoms. The summed E-state index contributed by atoms with van der Waals surface area (Å²) in [6, 6.07) is 15.7. The molecule has 0 bridgehead atoms. The van der Waals surface area contributed by atoms with Crippen LogP contribution in [-0.2, 0) is 6.54 Å². The first kappa shape index (κ1) is 13.5. The van der Waals surface area contributed by atoms with Gasteiger partial charge in [0.1, 0.15) is 0 Å². The number of carbonyl (C=O) groups excluding carboxylic acids is 1. The van der Waals surface area contributed by atoms with Crippen molar-refractivity contribution in [2.75, 3.05) is 23.7 Å². The molecule has 0 atom stereocenters. The number of anilines is 2. The maximum absolute atomic E-state index is 12.5. The van der Waals surface area contributed by atoms with Gasteiger partial charge in [-0.1, -0.05) is 24.3 Å². The summed E-state index contributed by atoms with van der Waals surface area (Å²) in [6.07, 6.45) is 0. The van der Waals surface area contributed by atoms with Gasteiger partial charge in [-0.3, -0.25) is 4.90 Å². The van der Waals surface area contributed by atoms with Crippen LogP contribution < -0.4 is 10.6 Å². The Morgan fingerprint density at radius 3 is 2.48 bits per heavy atom. The highest BCUT2D eigenvalue weighted by atomic mass is 16.2. The Hall–Kier alpha value is -2.49. The van der Waals surface area contributed by atoms with Gasteiger partial charge in [-0.25, -0.2) is 4.79 Å². The molecule has 2 aromatic carbocycles. The fourth-order valence-corrected chi connectivity index (χ4v) is 2.62. The number of urea groups is 1. The van der Waals surface area contributed by atoms with Crippen LogP contribution in [0.2, 0.25) is 0 Å². The second kappa shape index (κ2) is 5.48. The highest BCUT2D eigenvalue weighted by Gasteiger charge is 2.29. The molecule has 4 nitrogen and oxygen atoms in total. The van der Waals surface area contributed by atoms with Crippen LogP contribution in [0.15, 0.2) is 48.5 Å². The molecule has 1 aliphatic rings. The van der Waals surface area contributed by atoms with Crippen molar-refractivity contribution in [3.8, 4) is 0 Å². The Kier molecular flexibility index (Phi) is 3.52. The van der Waals surface area contributed by atoms with Gasteiger partial charge in [0.2, 0.25) is 0 Å². The molecule has 2 amide bonds. The summed E-state index contributed by atoms with van der Waals surface area (Å²) in [5, 5.41) is 0. The number of carbonyl (C=O) groups is 1. The molecule has 0 aliphatic carbocycles. The lowest BCUT2D eigenvalue weighted by atomic mass is 10.1. The lowest BCUT2D eigenvalue weighted by Crippen LogP contribution is -2.31. The van der Waals surface area contributed by atoms with E-state index in [4.69, 9.17) is 5.73 Å². The topological polar surface area (TPSA) is 49.6 Å². The first-order valence-corrected chi connectivity index (χ1v) is 7.11. The maximum atomic E-state index is 12.5. The monoisotopic (exact) mass is 281 g/mol. The number of nitrogens with zero attached hydrogens (tertiary/aromatic N) is 2. The first-order valence-electron chi connectivity index (χ1n) is 7.11. The van der Waals surface area contributed by atoms with Crippen molar-refractivity contribution in [3.05, 3.63) is 59.7 Å². The number of hydrogen-bond acceptors (Lipinski definition) is 2. The molecule has 0 unspecified atom stereocenters. The van der Waals surface area contributed by atoms with E-state index >= 15 is 0 Å². The second-order valence-corrected chi connectivity index (χ2v) is 5.37. The van der Waals surface area contributed by atoms with E-state index in [1.807, 2.05) is 41.3 Å². The molecule has 1 fully saturated rings. The van der Waals surface area contributed by atoms with E-state index in [0.717, 1.165) is 12.2 Å². The van der Waals surface area contributed by atoms with Crippen molar-refractivity contribution < 1.29 is 4.79 Å². The Morgan fingerprint density at radius 2 is 1.76 bits per heavy atom. The molecule has 21 heavy (non-hydrogen) atoms. The number of benzene rings is 2. The average molecular weight is 281 g/mol. The summed E-state index contributed by atoms with van der Waals surface area (Å²) < 4.78 is 0. The largest absolute Gasteiger partial charge is 0.399 e. The van der Waals surface area contributed by atoms with Crippen LogP contribution in [0.1, 0.15) is 11.1 Å². The highest BCUT2D eigenvalue weighted by Crippen LogP contribution is 2.23. The summed E-state index contributed by atoms with van der Waals surface area (Å²) in [7, 11) is 0. The van der Waals surface area contributed by atoms with E-state index < -0.39 is 0 Å². The summed E-state index contributed by atoms with van der Waals surface area (Å²) in [6.45, 7) is 4.21. The fourth-order valence-electron chi connectivity index (χ4n) is 2.62. The number of hydrogen-bond donors (Lipinski definition) is 1. The fraction of sp³-hybridized carbons (Fsp3) is 0.235. The molecule has 2 aromatic rings. The summed E-state index contributed by atoms with van der Waals surface area (Å²) in [5.74, 6) is 0. The number of aryl methyl sites for hydroxylation is 1. The number of nitrogen functional groups attached to an aromatic ring is 1. The van der Waals surface area contributed by atoms with Crippen LogP contribution in [0.3, 0.4) is 0 Å². The van der Waals surface area contributed by atoms with Gasteiger partial charge < -0.3 is 10.6 Å². The quantitative estimate of drug-likeness (QED) is 0.879. The first-order chi connectivity index (χ1) is 10.1. The zero-order valence-electron chi connectivity index (χ0n) is 12.1. The molecule has 1 saturated heterocycles. The van der Waals surface area contributed by atoms with Crippen molar-refractivity contribution in [3.63, 3.8) is 0 Å². The van der Waals surface area contributed by atoms with Gasteiger partial charge in [-0.15, -0.1) is 0 Å². The Balaban J connectivity index is 1.75. The zero-order chi connectivity index (χ0) is 14.8. The minimum Gasteiger partial charge on any atom is -0.399 e. The van der Waals surface area contributed by atoms with E-state index in [0.29, 0.717) is 18.8 Å². The molecule has 108 valence electrons. The van der Waals surface area contributed by atoms with E-state index in [1.165, 1.54) is 11.1 Å². The standard InChI is InChI=1S/C17H19N3O/c1-13-4-2-3-5-14(13)12-19-10-11-20(17(19)21)16-8-6-15(18)7-9-16/h2-9H,10-12,18H2,1H3. The van der Waals surface area contributed by atoms with Gasteiger partial charge in [0, 0.05) is 31.0 Å². The molecule has 1 heterocycles. The van der Waals surface area contributed by atoms with Crippen molar-refractivity contribution in [1.82, 2.24) is 4.90 Å². The molecule has 0 aromatic heterocycles. The highest BCUT2D eigenvalue weighted by molar-refractivity contribution is 5.94. The van der Waals surface area contributed by atoms with Crippen molar-refractivity contribution in [1.29, 1.82) is 0 Å². The number of rotatable bonds is 3. The van der Waals surface area contributed by atoms with Crippen LogP contribution in [-0.4, -0.2) is 24.0 Å². The third kappa shape index (κ3) is 2.70. The van der Waals surface area contributed by atoms with Gasteiger partial charge in [-0.05, 0) is 42.3 Å². The van der Waals surface area contributed by atoms with E-state index in [-0.39, 0.29) is 6.03 Å². The van der Waals surface area contributed by atoms with Crippen LogP contribution in [0.25, 0.3) is 0 Å². The molecular formula is C17H19N3O. The van der Waals surface area contributed by atoms with Gasteiger partial charge >= 0.3 is 6.03 Å². The Bertz CT molecular complexity index is 651. The SMILES string of the molecule is Cc1ccccc1CN1CCN(c2ccc(N)cc2)C1=O. The summed E-state index contributed by atoms with van der Waals surface area (Å²) in [5.41, 5.74) is 9.72. The minimum absolute atomic E-state index is 0.0584. The molecule has 1 aliphatic heterocycles. The van der Waals surface area contributed by atoms with Crippen LogP contribution in [0.5, 0.6) is 0 Å². The number of nitrogens with two attached hydrogens (primary N) is 1. The van der Waals surface area contributed by atoms with Crippen molar-refractivity contribution >= 4 is 17.4 Å². The molecule has 2 N–H and O–H groups in total. The Labute approximate surface area is 124 Å². The molecule has 4 heteroatoms. The van der Waals surface area contributed by atoms with Gasteiger partial charge in [0.05, 0.1) is 0 Å². The third-order valence-electron chi connectivity index (χ3n) is 3.92. The van der Waals surface area contributed by atoms with Gasteiger partial charge in [0.25, 0.3) is 0 Å². The normalized spacial score (nSPS) is 14.8. The zero-order valence-corrected chi connectivity index (χ0v) is 12.1.